The summed E-state index contributed by atoms with van der Waals surface area (Å²) in [5, 5.41) is 2.90. The van der Waals surface area contributed by atoms with Crippen molar-refractivity contribution in [1.29, 1.82) is 0 Å². The summed E-state index contributed by atoms with van der Waals surface area (Å²) in [6, 6.07) is 21.5. The van der Waals surface area contributed by atoms with Gasteiger partial charge >= 0.3 is 0 Å². The van der Waals surface area contributed by atoms with Crippen molar-refractivity contribution in [3.05, 3.63) is 78.5 Å². The number of rotatable bonds is 6. The Bertz CT molecular complexity index is 968. The van der Waals surface area contributed by atoms with Crippen molar-refractivity contribution in [3.63, 3.8) is 0 Å². The fourth-order valence-corrected chi connectivity index (χ4v) is 3.58. The third-order valence-electron chi connectivity index (χ3n) is 5.14. The van der Waals surface area contributed by atoms with Crippen LogP contribution in [0.1, 0.15) is 17.3 Å². The molecule has 0 atom stereocenters. The zero-order chi connectivity index (χ0) is 20.8. The minimum Gasteiger partial charge on any atom is -0.494 e. The van der Waals surface area contributed by atoms with Gasteiger partial charge in [0.05, 0.1) is 18.5 Å². The fourth-order valence-electron chi connectivity index (χ4n) is 3.58. The topological polar surface area (TPSA) is 57.7 Å². The molecule has 1 aromatic heterocycles. The molecule has 6 heteroatoms. The van der Waals surface area contributed by atoms with Gasteiger partial charge in [-0.3, -0.25) is 4.79 Å². The van der Waals surface area contributed by atoms with Crippen LogP contribution in [0.4, 0.5) is 17.2 Å². The smallest absolute Gasteiger partial charge is 0.255 e. The van der Waals surface area contributed by atoms with Gasteiger partial charge in [0, 0.05) is 37.4 Å². The summed E-state index contributed by atoms with van der Waals surface area (Å²) in [6.07, 6.45) is 1.71. The Balaban J connectivity index is 1.34. The molecule has 30 heavy (non-hydrogen) atoms. The number of hydrogen-bond donors (Lipinski definition) is 1. The molecule has 2 heterocycles. The van der Waals surface area contributed by atoms with E-state index in [4.69, 9.17) is 4.74 Å². The van der Waals surface area contributed by atoms with Crippen LogP contribution in [0, 0.1) is 0 Å². The van der Waals surface area contributed by atoms with Crippen LogP contribution >= 0.6 is 0 Å². The normalized spacial score (nSPS) is 13.8. The lowest BCUT2D eigenvalue weighted by Gasteiger charge is -2.36. The quantitative estimate of drug-likeness (QED) is 0.674. The van der Waals surface area contributed by atoms with Gasteiger partial charge in [0.15, 0.2) is 0 Å². The number of carbonyl (C=O) groups excluding carboxylic acids is 1. The van der Waals surface area contributed by atoms with E-state index in [9.17, 15) is 4.79 Å². The number of benzene rings is 2. The van der Waals surface area contributed by atoms with E-state index in [-0.39, 0.29) is 5.91 Å². The molecule has 1 aliphatic rings. The van der Waals surface area contributed by atoms with Gasteiger partial charge in [-0.05, 0) is 49.4 Å². The predicted octanol–water partition coefficient (Wildman–Crippen LogP) is 4.06. The minimum atomic E-state index is -0.178. The summed E-state index contributed by atoms with van der Waals surface area (Å²) in [7, 11) is 0. The van der Waals surface area contributed by atoms with E-state index in [0.717, 1.165) is 32.0 Å². The number of anilines is 3. The Morgan fingerprint density at radius 2 is 1.73 bits per heavy atom. The molecule has 1 amide bonds. The molecule has 3 aromatic rings. The third kappa shape index (κ3) is 4.71. The number of pyridine rings is 1. The molecule has 0 aliphatic carbocycles. The van der Waals surface area contributed by atoms with E-state index in [1.54, 1.807) is 18.3 Å². The molecule has 0 unspecified atom stereocenters. The molecular weight excluding hydrogens is 376 g/mol. The Labute approximate surface area is 177 Å². The number of amides is 1. The lowest BCUT2D eigenvalue weighted by atomic mass is 10.2. The second-order valence-corrected chi connectivity index (χ2v) is 7.13. The van der Waals surface area contributed by atoms with Gasteiger partial charge in [-0.25, -0.2) is 4.98 Å². The van der Waals surface area contributed by atoms with Crippen LogP contribution in [-0.2, 0) is 0 Å². The maximum absolute atomic E-state index is 12.5. The molecule has 154 valence electrons. The number of aromatic nitrogens is 1. The van der Waals surface area contributed by atoms with E-state index in [1.807, 2.05) is 37.3 Å². The first-order valence-electron chi connectivity index (χ1n) is 10.3. The SMILES string of the molecule is CCOc1cccc(C(=O)Nc2ccc(N3CCN(c4ccccc4)CC3)nc2)c1. The molecule has 1 saturated heterocycles. The number of hydrogen-bond acceptors (Lipinski definition) is 5. The van der Waals surface area contributed by atoms with Crippen LogP contribution in [0.25, 0.3) is 0 Å². The van der Waals surface area contributed by atoms with Gasteiger partial charge in [-0.15, -0.1) is 0 Å². The first kappa shape index (κ1) is 19.8. The number of para-hydroxylation sites is 1. The second kappa shape index (κ2) is 9.31. The van der Waals surface area contributed by atoms with Crippen LogP contribution in [0.3, 0.4) is 0 Å². The molecule has 1 fully saturated rings. The van der Waals surface area contributed by atoms with Crippen LogP contribution in [-0.4, -0.2) is 43.7 Å². The van der Waals surface area contributed by atoms with E-state index < -0.39 is 0 Å². The van der Waals surface area contributed by atoms with Crippen molar-refractivity contribution >= 4 is 23.1 Å². The van der Waals surface area contributed by atoms with E-state index in [1.165, 1.54) is 5.69 Å². The summed E-state index contributed by atoms with van der Waals surface area (Å²) in [5.74, 6) is 1.44. The summed E-state index contributed by atoms with van der Waals surface area (Å²) in [5.41, 5.74) is 2.49. The maximum Gasteiger partial charge on any atom is 0.255 e. The van der Waals surface area contributed by atoms with E-state index in [2.05, 4.69) is 44.4 Å². The van der Waals surface area contributed by atoms with Gasteiger partial charge in [-0.1, -0.05) is 24.3 Å². The largest absolute Gasteiger partial charge is 0.494 e. The lowest BCUT2D eigenvalue weighted by Crippen LogP contribution is -2.46. The molecule has 0 bridgehead atoms. The summed E-state index contributed by atoms with van der Waals surface area (Å²) < 4.78 is 5.46. The van der Waals surface area contributed by atoms with Crippen LogP contribution in [0.15, 0.2) is 72.9 Å². The average Bonchev–Trinajstić information content (AvgIpc) is 2.81. The first-order valence-corrected chi connectivity index (χ1v) is 10.3. The van der Waals surface area contributed by atoms with Gasteiger partial charge in [-0.2, -0.15) is 0 Å². The molecule has 0 spiro atoms. The molecule has 4 rings (SSSR count). The zero-order valence-corrected chi connectivity index (χ0v) is 17.1. The maximum atomic E-state index is 12.5. The van der Waals surface area contributed by atoms with Crippen molar-refractivity contribution in [2.24, 2.45) is 0 Å². The highest BCUT2D eigenvalue weighted by Crippen LogP contribution is 2.21. The highest BCUT2D eigenvalue weighted by Gasteiger charge is 2.18. The second-order valence-electron chi connectivity index (χ2n) is 7.13. The molecule has 1 N–H and O–H groups in total. The van der Waals surface area contributed by atoms with Crippen LogP contribution in [0.5, 0.6) is 5.75 Å². The van der Waals surface area contributed by atoms with Crippen LogP contribution < -0.4 is 19.9 Å². The number of piperazine rings is 1. The van der Waals surface area contributed by atoms with Gasteiger partial charge in [0.1, 0.15) is 11.6 Å². The number of carbonyl (C=O) groups is 1. The Morgan fingerprint density at radius 3 is 2.43 bits per heavy atom. The molecule has 1 aliphatic heterocycles. The first-order chi connectivity index (χ1) is 14.7. The average molecular weight is 402 g/mol. The Hall–Kier alpha value is -3.54. The van der Waals surface area contributed by atoms with Gasteiger partial charge in [0.2, 0.25) is 0 Å². The summed E-state index contributed by atoms with van der Waals surface area (Å²) in [6.45, 7) is 6.23. The monoisotopic (exact) mass is 402 g/mol. The summed E-state index contributed by atoms with van der Waals surface area (Å²) in [4.78, 5) is 21.7. The molecular formula is C24H26N4O2. The van der Waals surface area contributed by atoms with Crippen LogP contribution in [0.2, 0.25) is 0 Å². The Morgan fingerprint density at radius 1 is 0.967 bits per heavy atom. The number of nitrogens with one attached hydrogen (secondary N) is 1. The number of nitrogens with zero attached hydrogens (tertiary/aromatic N) is 3. The van der Waals surface area contributed by atoms with Gasteiger partial charge in [0.25, 0.3) is 5.91 Å². The molecule has 6 nitrogen and oxygen atoms in total. The fraction of sp³-hybridized carbons (Fsp3) is 0.250. The third-order valence-corrected chi connectivity index (χ3v) is 5.14. The predicted molar refractivity (Wildman–Crippen MR) is 121 cm³/mol. The molecule has 0 radical (unpaired) electrons. The van der Waals surface area contributed by atoms with Crippen molar-refractivity contribution in [2.75, 3.05) is 47.9 Å². The van der Waals surface area contributed by atoms with E-state index >= 15 is 0 Å². The highest BCUT2D eigenvalue weighted by molar-refractivity contribution is 6.04. The lowest BCUT2D eigenvalue weighted by molar-refractivity contribution is 0.102. The Kier molecular flexibility index (Phi) is 6.13. The standard InChI is InChI=1S/C24H26N4O2/c1-2-30-22-10-6-7-19(17-22)24(29)26-20-11-12-23(25-18-20)28-15-13-27(14-16-28)21-8-4-3-5-9-21/h3-12,17-18H,2,13-16H2,1H3,(H,26,29). The summed E-state index contributed by atoms with van der Waals surface area (Å²) >= 11 is 0. The molecule has 2 aromatic carbocycles. The van der Waals surface area contributed by atoms with Crippen molar-refractivity contribution < 1.29 is 9.53 Å². The van der Waals surface area contributed by atoms with Crippen molar-refractivity contribution in [2.45, 2.75) is 6.92 Å². The van der Waals surface area contributed by atoms with Gasteiger partial charge < -0.3 is 19.9 Å². The van der Waals surface area contributed by atoms with E-state index in [0.29, 0.717) is 23.6 Å². The zero-order valence-electron chi connectivity index (χ0n) is 17.1. The van der Waals surface area contributed by atoms with Crippen molar-refractivity contribution in [1.82, 2.24) is 4.98 Å². The number of ether oxygens (including phenoxy) is 1. The highest BCUT2D eigenvalue weighted by atomic mass is 16.5. The molecule has 0 saturated carbocycles. The minimum absolute atomic E-state index is 0.178. The van der Waals surface area contributed by atoms with Crippen molar-refractivity contribution in [3.8, 4) is 5.75 Å².